The first-order valence-electron chi connectivity index (χ1n) is 7.95. The molecule has 3 nitrogen and oxygen atoms in total. The van der Waals surface area contributed by atoms with E-state index in [-0.39, 0.29) is 6.23 Å². The third-order valence-electron chi connectivity index (χ3n) is 4.84. The van der Waals surface area contributed by atoms with Gasteiger partial charge in [-0.15, -0.1) is 0 Å². The Hall–Kier alpha value is -0.830. The topological polar surface area (TPSA) is 24.8 Å². The van der Waals surface area contributed by atoms with Crippen molar-refractivity contribution < 1.29 is 4.74 Å². The molecule has 2 heterocycles. The minimum atomic E-state index is 0.217. The molecule has 19 heavy (non-hydrogen) atoms. The minimum absolute atomic E-state index is 0.217. The highest BCUT2D eigenvalue weighted by atomic mass is 16.5. The van der Waals surface area contributed by atoms with E-state index < -0.39 is 0 Å². The lowest BCUT2D eigenvalue weighted by molar-refractivity contribution is -0.0811. The Morgan fingerprint density at radius 2 is 2.00 bits per heavy atom. The van der Waals surface area contributed by atoms with E-state index >= 15 is 0 Å². The molecule has 1 atom stereocenters. The van der Waals surface area contributed by atoms with Gasteiger partial charge < -0.3 is 4.74 Å². The predicted octanol–water partition coefficient (Wildman–Crippen LogP) is 3.57. The van der Waals surface area contributed by atoms with E-state index in [0.717, 1.165) is 31.4 Å². The highest BCUT2D eigenvalue weighted by Gasteiger charge is 2.25. The van der Waals surface area contributed by atoms with E-state index in [0.29, 0.717) is 0 Å². The number of allylic oxidation sites excluding steroid dienone is 1. The average molecular weight is 262 g/mol. The van der Waals surface area contributed by atoms with Crippen LogP contribution in [0.25, 0.3) is 0 Å². The van der Waals surface area contributed by atoms with E-state index in [2.05, 4.69) is 29.3 Å². The van der Waals surface area contributed by atoms with Gasteiger partial charge in [-0.25, -0.2) is 0 Å². The molecule has 0 aromatic rings. The molecule has 0 aromatic heterocycles. The maximum Gasteiger partial charge on any atom is 0.146 e. The van der Waals surface area contributed by atoms with Crippen LogP contribution in [0.15, 0.2) is 16.8 Å². The van der Waals surface area contributed by atoms with E-state index in [1.807, 2.05) is 0 Å². The van der Waals surface area contributed by atoms with Crippen LogP contribution in [0.2, 0.25) is 0 Å². The van der Waals surface area contributed by atoms with E-state index in [1.54, 1.807) is 0 Å². The molecule has 0 amide bonds. The van der Waals surface area contributed by atoms with Gasteiger partial charge in [0.25, 0.3) is 0 Å². The van der Waals surface area contributed by atoms with E-state index in [1.165, 1.54) is 44.1 Å². The summed E-state index contributed by atoms with van der Waals surface area (Å²) in [5, 5.41) is 6.76. The van der Waals surface area contributed by atoms with Crippen molar-refractivity contribution in [1.82, 2.24) is 5.01 Å². The van der Waals surface area contributed by atoms with Crippen molar-refractivity contribution in [3.8, 4) is 0 Å². The number of hydrogen-bond acceptors (Lipinski definition) is 3. The largest absolute Gasteiger partial charge is 0.357 e. The van der Waals surface area contributed by atoms with Gasteiger partial charge in [0.1, 0.15) is 6.23 Å². The van der Waals surface area contributed by atoms with Gasteiger partial charge in [0.15, 0.2) is 0 Å². The summed E-state index contributed by atoms with van der Waals surface area (Å²) in [6.45, 7) is 4.21. The first kappa shape index (κ1) is 13.2. The van der Waals surface area contributed by atoms with Crippen LogP contribution in [-0.2, 0) is 4.74 Å². The van der Waals surface area contributed by atoms with Gasteiger partial charge in [0.05, 0.1) is 12.8 Å². The summed E-state index contributed by atoms with van der Waals surface area (Å²) in [6.07, 6.45) is 13.8. The summed E-state index contributed by atoms with van der Waals surface area (Å²) in [4.78, 5) is 0. The van der Waals surface area contributed by atoms with Crippen molar-refractivity contribution in [2.75, 3.05) is 13.2 Å². The van der Waals surface area contributed by atoms with Crippen LogP contribution in [0.4, 0.5) is 0 Å². The lowest BCUT2D eigenvalue weighted by Crippen LogP contribution is -2.37. The third kappa shape index (κ3) is 3.19. The predicted molar refractivity (Wildman–Crippen MR) is 78.0 cm³/mol. The zero-order valence-corrected chi connectivity index (χ0v) is 12.1. The lowest BCUT2D eigenvalue weighted by Gasteiger charge is -2.34. The zero-order valence-electron chi connectivity index (χ0n) is 12.1. The standard InChI is InChI=1S/C16H26N2O/c1-13-5-7-14(8-6-13)15-9-10-18(17-12-15)16-4-2-3-11-19-16/h9,12-14,16H,2-8,10-11H2,1H3. The fourth-order valence-corrected chi connectivity index (χ4v) is 3.46. The molecule has 0 aromatic carbocycles. The maximum absolute atomic E-state index is 5.80. The van der Waals surface area contributed by atoms with Gasteiger partial charge in [-0.1, -0.05) is 25.8 Å². The fourth-order valence-electron chi connectivity index (χ4n) is 3.46. The highest BCUT2D eigenvalue weighted by molar-refractivity contribution is 5.79. The first-order valence-corrected chi connectivity index (χ1v) is 7.95. The summed E-state index contributed by atoms with van der Waals surface area (Å²) in [6, 6.07) is 0. The molecule has 0 spiro atoms. The molecule has 1 saturated carbocycles. The Morgan fingerprint density at radius 1 is 1.16 bits per heavy atom. The summed E-state index contributed by atoms with van der Waals surface area (Å²) >= 11 is 0. The number of hydrazone groups is 1. The lowest BCUT2D eigenvalue weighted by atomic mass is 9.79. The van der Waals surface area contributed by atoms with Crippen LogP contribution in [-0.4, -0.2) is 30.6 Å². The molecule has 0 N–H and O–H groups in total. The van der Waals surface area contributed by atoms with Crippen LogP contribution < -0.4 is 0 Å². The van der Waals surface area contributed by atoms with Crippen molar-refractivity contribution >= 4 is 6.21 Å². The molecular formula is C16H26N2O. The summed E-state index contributed by atoms with van der Waals surface area (Å²) in [5.74, 6) is 1.68. The Morgan fingerprint density at radius 3 is 2.63 bits per heavy atom. The fraction of sp³-hybridized carbons (Fsp3) is 0.812. The quantitative estimate of drug-likeness (QED) is 0.760. The molecule has 2 fully saturated rings. The number of hydrogen-bond donors (Lipinski definition) is 0. The van der Waals surface area contributed by atoms with Crippen LogP contribution >= 0.6 is 0 Å². The summed E-state index contributed by atoms with van der Waals surface area (Å²) < 4.78 is 5.80. The minimum Gasteiger partial charge on any atom is -0.357 e. The van der Waals surface area contributed by atoms with E-state index in [4.69, 9.17) is 4.74 Å². The monoisotopic (exact) mass is 262 g/mol. The highest BCUT2D eigenvalue weighted by Crippen LogP contribution is 2.33. The summed E-state index contributed by atoms with van der Waals surface area (Å²) in [5.41, 5.74) is 1.47. The first-order chi connectivity index (χ1) is 9.33. The molecule has 3 heteroatoms. The van der Waals surface area contributed by atoms with Crippen LogP contribution in [0.5, 0.6) is 0 Å². The Kier molecular flexibility index (Phi) is 4.21. The number of nitrogens with zero attached hydrogens (tertiary/aromatic N) is 2. The van der Waals surface area contributed by atoms with Gasteiger partial charge in [-0.2, -0.15) is 5.10 Å². The van der Waals surface area contributed by atoms with Crippen molar-refractivity contribution in [3.05, 3.63) is 11.6 Å². The normalized spacial score (nSPS) is 36.2. The second-order valence-electron chi connectivity index (χ2n) is 6.35. The van der Waals surface area contributed by atoms with Crippen LogP contribution in [0, 0.1) is 11.8 Å². The van der Waals surface area contributed by atoms with Gasteiger partial charge >= 0.3 is 0 Å². The molecule has 0 bridgehead atoms. The van der Waals surface area contributed by atoms with Crippen LogP contribution in [0.1, 0.15) is 51.9 Å². The molecule has 3 rings (SSSR count). The van der Waals surface area contributed by atoms with Gasteiger partial charge in [0, 0.05) is 6.61 Å². The Balaban J connectivity index is 1.54. The smallest absolute Gasteiger partial charge is 0.146 e. The molecule has 0 radical (unpaired) electrons. The van der Waals surface area contributed by atoms with Crippen molar-refractivity contribution in [2.24, 2.45) is 16.9 Å². The van der Waals surface area contributed by atoms with Gasteiger partial charge in [0.2, 0.25) is 0 Å². The molecule has 1 unspecified atom stereocenters. The van der Waals surface area contributed by atoms with Gasteiger partial charge in [-0.05, 0) is 49.5 Å². The van der Waals surface area contributed by atoms with Crippen molar-refractivity contribution in [2.45, 2.75) is 58.1 Å². The summed E-state index contributed by atoms with van der Waals surface area (Å²) in [7, 11) is 0. The Labute approximate surface area is 116 Å². The molecule has 2 aliphatic heterocycles. The third-order valence-corrected chi connectivity index (χ3v) is 4.84. The maximum atomic E-state index is 5.80. The molecule has 1 aliphatic carbocycles. The molecule has 3 aliphatic rings. The molecule has 106 valence electrons. The van der Waals surface area contributed by atoms with Crippen molar-refractivity contribution in [1.29, 1.82) is 0 Å². The van der Waals surface area contributed by atoms with Crippen LogP contribution in [0.3, 0.4) is 0 Å². The zero-order chi connectivity index (χ0) is 13.1. The number of rotatable bonds is 2. The SMILES string of the molecule is CC1CCC(C2=CCN(C3CCCCO3)N=C2)CC1. The van der Waals surface area contributed by atoms with E-state index in [9.17, 15) is 0 Å². The second kappa shape index (κ2) is 6.08. The Bertz CT molecular complexity index is 350. The molecular weight excluding hydrogens is 236 g/mol. The number of ether oxygens (including phenoxy) is 1. The second-order valence-corrected chi connectivity index (χ2v) is 6.35. The average Bonchev–Trinajstić information content (AvgIpc) is 2.49. The van der Waals surface area contributed by atoms with Gasteiger partial charge in [-0.3, -0.25) is 5.01 Å². The van der Waals surface area contributed by atoms with Crippen molar-refractivity contribution in [3.63, 3.8) is 0 Å². The molecule has 1 saturated heterocycles.